The molecule has 2 aromatic heterocycles. The van der Waals surface area contributed by atoms with E-state index >= 15 is 0 Å². The monoisotopic (exact) mass is 400 g/mol. The van der Waals surface area contributed by atoms with Crippen molar-refractivity contribution < 1.29 is 9.15 Å². The quantitative estimate of drug-likeness (QED) is 0.569. The van der Waals surface area contributed by atoms with E-state index in [1.165, 1.54) is 0 Å². The van der Waals surface area contributed by atoms with Crippen molar-refractivity contribution >= 4 is 11.8 Å². The van der Waals surface area contributed by atoms with Crippen molar-refractivity contribution in [1.82, 2.24) is 20.6 Å². The summed E-state index contributed by atoms with van der Waals surface area (Å²) in [6.07, 6.45) is 3.63. The van der Waals surface area contributed by atoms with E-state index in [-0.39, 0.29) is 5.41 Å². The number of oxazole rings is 1. The SMILES string of the molecule is CCNC(=NCc1cccnc1N1CCOCC1)NCc1ncc(C(C)(C)C)o1. The number of nitrogens with zero attached hydrogens (tertiary/aromatic N) is 4. The van der Waals surface area contributed by atoms with E-state index in [1.807, 2.05) is 19.2 Å². The average Bonchev–Trinajstić information content (AvgIpc) is 3.21. The third kappa shape index (κ3) is 5.93. The van der Waals surface area contributed by atoms with Gasteiger partial charge >= 0.3 is 0 Å². The number of aromatic nitrogens is 2. The second-order valence-corrected chi connectivity index (χ2v) is 8.00. The fourth-order valence-corrected chi connectivity index (χ4v) is 3.02. The summed E-state index contributed by atoms with van der Waals surface area (Å²) < 4.78 is 11.3. The average molecular weight is 401 g/mol. The highest BCUT2D eigenvalue weighted by Crippen LogP contribution is 2.22. The van der Waals surface area contributed by atoms with Crippen LogP contribution in [0.3, 0.4) is 0 Å². The number of rotatable bonds is 6. The summed E-state index contributed by atoms with van der Waals surface area (Å²) in [5.41, 5.74) is 1.04. The van der Waals surface area contributed by atoms with Crippen LogP contribution in [0.5, 0.6) is 0 Å². The molecule has 3 rings (SSSR count). The zero-order chi connectivity index (χ0) is 20.7. The number of hydrogen-bond donors (Lipinski definition) is 2. The van der Waals surface area contributed by atoms with Gasteiger partial charge in [-0.3, -0.25) is 0 Å². The molecule has 0 amide bonds. The first-order valence-corrected chi connectivity index (χ1v) is 10.2. The zero-order valence-corrected chi connectivity index (χ0v) is 17.9. The maximum atomic E-state index is 5.85. The maximum absolute atomic E-state index is 5.85. The van der Waals surface area contributed by atoms with Crippen molar-refractivity contribution in [2.24, 2.45) is 4.99 Å². The second-order valence-electron chi connectivity index (χ2n) is 8.00. The lowest BCUT2D eigenvalue weighted by atomic mass is 9.94. The fourth-order valence-electron chi connectivity index (χ4n) is 3.02. The molecule has 8 heteroatoms. The first-order chi connectivity index (χ1) is 14.0. The van der Waals surface area contributed by atoms with E-state index in [9.17, 15) is 0 Å². The maximum Gasteiger partial charge on any atom is 0.213 e. The summed E-state index contributed by atoms with van der Waals surface area (Å²) in [4.78, 5) is 15.9. The van der Waals surface area contributed by atoms with Gasteiger partial charge in [-0.25, -0.2) is 15.0 Å². The lowest BCUT2D eigenvalue weighted by molar-refractivity contribution is 0.122. The molecule has 1 aliphatic heterocycles. The lowest BCUT2D eigenvalue weighted by Gasteiger charge is -2.29. The third-order valence-corrected chi connectivity index (χ3v) is 4.63. The summed E-state index contributed by atoms with van der Waals surface area (Å²) >= 11 is 0. The molecule has 0 atom stereocenters. The molecule has 2 aromatic rings. The Balaban J connectivity index is 1.66. The molecule has 1 aliphatic rings. The van der Waals surface area contributed by atoms with Crippen molar-refractivity contribution in [3.63, 3.8) is 0 Å². The van der Waals surface area contributed by atoms with Gasteiger partial charge in [0.1, 0.15) is 11.6 Å². The highest BCUT2D eigenvalue weighted by atomic mass is 16.5. The molecule has 158 valence electrons. The highest BCUT2D eigenvalue weighted by molar-refractivity contribution is 5.79. The Morgan fingerprint density at radius 2 is 2.00 bits per heavy atom. The molecular weight excluding hydrogens is 368 g/mol. The summed E-state index contributed by atoms with van der Waals surface area (Å²) in [5, 5.41) is 6.57. The molecule has 0 aromatic carbocycles. The number of morpholine rings is 1. The minimum absolute atomic E-state index is 0.0555. The standard InChI is InChI=1S/C21H32N6O2/c1-5-22-20(26-15-18-24-14-17(29-18)21(2,3)4)25-13-16-7-6-8-23-19(16)27-9-11-28-12-10-27/h6-8,14H,5,9-13,15H2,1-4H3,(H2,22,25,26). The van der Waals surface area contributed by atoms with E-state index < -0.39 is 0 Å². The summed E-state index contributed by atoms with van der Waals surface area (Å²) in [5.74, 6) is 3.23. The van der Waals surface area contributed by atoms with Crippen LogP contribution in [0.4, 0.5) is 5.82 Å². The van der Waals surface area contributed by atoms with E-state index in [0.717, 1.165) is 55.9 Å². The zero-order valence-electron chi connectivity index (χ0n) is 17.9. The van der Waals surface area contributed by atoms with Gasteiger partial charge < -0.3 is 24.7 Å². The topological polar surface area (TPSA) is 87.8 Å². The number of guanidine groups is 1. The molecule has 0 radical (unpaired) electrons. The molecule has 3 heterocycles. The van der Waals surface area contributed by atoms with Gasteiger partial charge in [0.25, 0.3) is 0 Å². The normalized spacial score (nSPS) is 15.4. The van der Waals surface area contributed by atoms with Crippen LogP contribution in [0.2, 0.25) is 0 Å². The van der Waals surface area contributed by atoms with Crippen LogP contribution in [-0.4, -0.2) is 48.8 Å². The van der Waals surface area contributed by atoms with E-state index in [0.29, 0.717) is 19.0 Å². The van der Waals surface area contributed by atoms with E-state index in [4.69, 9.17) is 14.1 Å². The fraction of sp³-hybridized carbons (Fsp3) is 0.571. The molecule has 1 saturated heterocycles. The van der Waals surface area contributed by atoms with Crippen molar-refractivity contribution in [3.8, 4) is 0 Å². The molecule has 0 unspecified atom stereocenters. The summed E-state index contributed by atoms with van der Waals surface area (Å²) in [6.45, 7) is 13.3. The van der Waals surface area contributed by atoms with E-state index in [1.54, 1.807) is 6.20 Å². The van der Waals surface area contributed by atoms with Crippen LogP contribution in [0, 0.1) is 0 Å². The molecule has 8 nitrogen and oxygen atoms in total. The summed E-state index contributed by atoms with van der Waals surface area (Å²) in [6, 6.07) is 4.03. The molecule has 0 spiro atoms. The predicted octanol–water partition coefficient (Wildman–Crippen LogP) is 2.46. The largest absolute Gasteiger partial charge is 0.443 e. The highest BCUT2D eigenvalue weighted by Gasteiger charge is 2.19. The molecule has 29 heavy (non-hydrogen) atoms. The first-order valence-electron chi connectivity index (χ1n) is 10.2. The van der Waals surface area contributed by atoms with Crippen LogP contribution in [-0.2, 0) is 23.2 Å². The number of nitrogens with one attached hydrogen (secondary N) is 2. The first kappa shape index (κ1) is 21.1. The van der Waals surface area contributed by atoms with Crippen LogP contribution in [0.25, 0.3) is 0 Å². The lowest BCUT2D eigenvalue weighted by Crippen LogP contribution is -2.38. The number of hydrogen-bond acceptors (Lipinski definition) is 6. The number of aliphatic imine (C=N–C) groups is 1. The molecular formula is C21H32N6O2. The Labute approximate surface area is 172 Å². The Morgan fingerprint density at radius 3 is 2.69 bits per heavy atom. The Hall–Kier alpha value is -2.61. The van der Waals surface area contributed by atoms with Crippen LogP contribution in [0.1, 0.15) is 44.9 Å². The van der Waals surface area contributed by atoms with Crippen molar-refractivity contribution in [2.75, 3.05) is 37.7 Å². The molecule has 0 saturated carbocycles. The van der Waals surface area contributed by atoms with Gasteiger partial charge in [-0.05, 0) is 13.0 Å². The van der Waals surface area contributed by atoms with Crippen LogP contribution < -0.4 is 15.5 Å². The van der Waals surface area contributed by atoms with Crippen molar-refractivity contribution in [3.05, 3.63) is 41.7 Å². The second kappa shape index (κ2) is 9.73. The minimum Gasteiger partial charge on any atom is -0.443 e. The minimum atomic E-state index is -0.0555. The van der Waals surface area contributed by atoms with Crippen LogP contribution in [0.15, 0.2) is 33.9 Å². The Bertz CT molecular complexity index is 805. The molecule has 0 aliphatic carbocycles. The molecule has 0 bridgehead atoms. The van der Waals surface area contributed by atoms with Gasteiger partial charge in [0.15, 0.2) is 5.96 Å². The van der Waals surface area contributed by atoms with Gasteiger partial charge in [0.2, 0.25) is 5.89 Å². The Kier molecular flexibility index (Phi) is 7.09. The van der Waals surface area contributed by atoms with Crippen LogP contribution >= 0.6 is 0 Å². The Morgan fingerprint density at radius 1 is 1.21 bits per heavy atom. The molecule has 1 fully saturated rings. The van der Waals surface area contributed by atoms with Gasteiger partial charge in [0, 0.05) is 36.8 Å². The predicted molar refractivity (Wildman–Crippen MR) is 114 cm³/mol. The number of anilines is 1. The van der Waals surface area contributed by atoms with Crippen molar-refractivity contribution in [2.45, 2.75) is 46.2 Å². The number of ether oxygens (including phenoxy) is 1. The number of pyridine rings is 1. The van der Waals surface area contributed by atoms with Gasteiger partial charge in [-0.15, -0.1) is 0 Å². The smallest absolute Gasteiger partial charge is 0.213 e. The van der Waals surface area contributed by atoms with Gasteiger partial charge in [-0.1, -0.05) is 26.8 Å². The van der Waals surface area contributed by atoms with Gasteiger partial charge in [0.05, 0.1) is 32.5 Å². The third-order valence-electron chi connectivity index (χ3n) is 4.63. The molecule has 2 N–H and O–H groups in total. The summed E-state index contributed by atoms with van der Waals surface area (Å²) in [7, 11) is 0. The van der Waals surface area contributed by atoms with Gasteiger partial charge in [-0.2, -0.15) is 0 Å². The van der Waals surface area contributed by atoms with E-state index in [2.05, 4.69) is 52.3 Å². The van der Waals surface area contributed by atoms with Crippen molar-refractivity contribution in [1.29, 1.82) is 0 Å².